The molecule has 5 heteroatoms. The number of hydrogen-bond acceptors (Lipinski definition) is 3. The molecule has 1 rings (SSSR count). The molecule has 2 atom stereocenters. The van der Waals surface area contributed by atoms with Crippen LogP contribution in [-0.4, -0.2) is 29.8 Å². The smallest absolute Gasteiger partial charge is 0.417 e. The van der Waals surface area contributed by atoms with Crippen LogP contribution in [0.1, 0.15) is 20.3 Å². The number of carboxylic acids is 1. The van der Waals surface area contributed by atoms with Crippen LogP contribution in [0.5, 0.6) is 0 Å². The van der Waals surface area contributed by atoms with Gasteiger partial charge in [-0.2, -0.15) is 0 Å². The number of aliphatic carboxylic acids is 1. The van der Waals surface area contributed by atoms with Gasteiger partial charge in [0.15, 0.2) is 7.28 Å². The van der Waals surface area contributed by atoms with Gasteiger partial charge >= 0.3 is 11.9 Å². The molecule has 4 nitrogen and oxygen atoms in total. The van der Waals surface area contributed by atoms with Crippen molar-refractivity contribution in [2.24, 2.45) is 0 Å². The van der Waals surface area contributed by atoms with E-state index in [1.165, 1.54) is 0 Å². The maximum absolute atomic E-state index is 10.7. The van der Waals surface area contributed by atoms with Crippen LogP contribution in [0.3, 0.4) is 0 Å². The lowest BCUT2D eigenvalue weighted by Crippen LogP contribution is -2.26. The summed E-state index contributed by atoms with van der Waals surface area (Å²) in [5.41, 5.74) is -0.477. The van der Waals surface area contributed by atoms with E-state index in [0.717, 1.165) is 7.28 Å². The third kappa shape index (κ3) is 1.44. The zero-order valence-electron chi connectivity index (χ0n) is 7.16. The standard InChI is InChI=1S/C7H11BO4/c1-3-7(4(2)8-7)12-6(11)5(9)10/h4,8H,3H2,1-2H3,(H,9,10). The van der Waals surface area contributed by atoms with Crippen LogP contribution in [0, 0.1) is 0 Å². The Morgan fingerprint density at radius 2 is 2.17 bits per heavy atom. The predicted molar refractivity (Wildman–Crippen MR) is 43.3 cm³/mol. The van der Waals surface area contributed by atoms with Gasteiger partial charge in [0, 0.05) is 0 Å². The fraction of sp³-hybridized carbons (Fsp3) is 0.714. The third-order valence-corrected chi connectivity index (χ3v) is 2.46. The Bertz CT molecular complexity index is 223. The van der Waals surface area contributed by atoms with Crippen LogP contribution in [0.4, 0.5) is 0 Å². The molecular weight excluding hydrogens is 159 g/mol. The molecule has 0 spiro atoms. The second kappa shape index (κ2) is 2.81. The Hall–Kier alpha value is -0.995. The van der Waals surface area contributed by atoms with Crippen molar-refractivity contribution in [1.29, 1.82) is 0 Å². The highest BCUT2D eigenvalue weighted by Gasteiger charge is 2.55. The van der Waals surface area contributed by atoms with Gasteiger partial charge in [-0.3, -0.25) is 0 Å². The maximum atomic E-state index is 10.7. The van der Waals surface area contributed by atoms with Gasteiger partial charge in [0.2, 0.25) is 0 Å². The Morgan fingerprint density at radius 1 is 1.67 bits per heavy atom. The number of carbonyl (C=O) groups excluding carboxylic acids is 1. The number of carboxylic acid groups (broad SMARTS) is 1. The lowest BCUT2D eigenvalue weighted by atomic mass is 9.95. The maximum Gasteiger partial charge on any atom is 0.417 e. The van der Waals surface area contributed by atoms with Crippen molar-refractivity contribution in [3.63, 3.8) is 0 Å². The van der Waals surface area contributed by atoms with Crippen molar-refractivity contribution in [2.75, 3.05) is 0 Å². The lowest BCUT2D eigenvalue weighted by Gasteiger charge is -2.14. The average molecular weight is 170 g/mol. The molecule has 1 saturated heterocycles. The molecule has 2 unspecified atom stereocenters. The highest BCUT2D eigenvalue weighted by Crippen LogP contribution is 2.45. The average Bonchev–Trinajstić information content (AvgIpc) is 2.62. The molecule has 0 saturated carbocycles. The first-order valence-corrected chi connectivity index (χ1v) is 3.98. The van der Waals surface area contributed by atoms with Crippen molar-refractivity contribution in [1.82, 2.24) is 0 Å². The Kier molecular flexibility index (Phi) is 2.13. The van der Waals surface area contributed by atoms with Crippen molar-refractivity contribution >= 4 is 19.2 Å². The molecule has 0 amide bonds. The second-order valence-electron chi connectivity index (χ2n) is 3.22. The number of ether oxygens (including phenoxy) is 1. The quantitative estimate of drug-likeness (QED) is 0.359. The Balaban J connectivity index is 2.51. The SMILES string of the molecule is CCC1(OC(=O)C(=O)O)BC1C. The van der Waals surface area contributed by atoms with Gasteiger partial charge in [-0.15, -0.1) is 0 Å². The zero-order chi connectivity index (χ0) is 9.35. The molecule has 12 heavy (non-hydrogen) atoms. The number of esters is 1. The van der Waals surface area contributed by atoms with Gasteiger partial charge < -0.3 is 9.84 Å². The van der Waals surface area contributed by atoms with E-state index in [2.05, 4.69) is 0 Å². The highest BCUT2D eigenvalue weighted by atomic mass is 16.6. The van der Waals surface area contributed by atoms with Crippen LogP contribution in [0.25, 0.3) is 0 Å². The Labute approximate surface area is 71.1 Å². The molecule has 1 fully saturated rings. The monoisotopic (exact) mass is 170 g/mol. The van der Waals surface area contributed by atoms with E-state index in [1.807, 2.05) is 13.8 Å². The molecule has 66 valence electrons. The molecule has 1 heterocycles. The molecule has 1 aliphatic heterocycles. The molecule has 0 radical (unpaired) electrons. The first kappa shape index (κ1) is 9.10. The van der Waals surface area contributed by atoms with E-state index in [-0.39, 0.29) is 0 Å². The molecular formula is C7H11BO4. The van der Waals surface area contributed by atoms with Gasteiger partial charge in [-0.05, 0) is 12.2 Å². The molecule has 0 bridgehead atoms. The van der Waals surface area contributed by atoms with Crippen molar-refractivity contribution in [2.45, 2.75) is 31.6 Å². The van der Waals surface area contributed by atoms with Gasteiger partial charge in [0.25, 0.3) is 0 Å². The summed E-state index contributed by atoms with van der Waals surface area (Å²) in [6, 6.07) is 0. The topological polar surface area (TPSA) is 63.6 Å². The van der Waals surface area contributed by atoms with E-state index in [1.54, 1.807) is 0 Å². The van der Waals surface area contributed by atoms with E-state index >= 15 is 0 Å². The number of hydrogen-bond donors (Lipinski definition) is 1. The van der Waals surface area contributed by atoms with Crippen molar-refractivity contribution in [3.8, 4) is 0 Å². The first-order chi connectivity index (χ1) is 5.52. The lowest BCUT2D eigenvalue weighted by molar-refractivity contribution is -0.168. The fourth-order valence-electron chi connectivity index (χ4n) is 1.39. The molecule has 0 aliphatic carbocycles. The summed E-state index contributed by atoms with van der Waals surface area (Å²) in [6.07, 6.45) is 0.688. The van der Waals surface area contributed by atoms with Gasteiger partial charge in [0.05, 0.1) is 5.50 Å². The molecule has 1 N–H and O–H groups in total. The van der Waals surface area contributed by atoms with Crippen LogP contribution in [0.15, 0.2) is 0 Å². The van der Waals surface area contributed by atoms with E-state index in [0.29, 0.717) is 12.2 Å². The molecule has 1 aliphatic rings. The summed E-state index contributed by atoms with van der Waals surface area (Å²) < 4.78 is 4.83. The van der Waals surface area contributed by atoms with Crippen molar-refractivity contribution < 1.29 is 19.4 Å². The summed E-state index contributed by atoms with van der Waals surface area (Å²) in [5, 5.41) is 8.28. The van der Waals surface area contributed by atoms with Gasteiger partial charge in [-0.1, -0.05) is 13.8 Å². The summed E-state index contributed by atoms with van der Waals surface area (Å²) in [5.74, 6) is -2.35. The van der Waals surface area contributed by atoms with Gasteiger partial charge in [0.1, 0.15) is 0 Å². The minimum atomic E-state index is -1.51. The van der Waals surface area contributed by atoms with Crippen LogP contribution >= 0.6 is 0 Å². The van der Waals surface area contributed by atoms with E-state index in [4.69, 9.17) is 9.84 Å². The Morgan fingerprint density at radius 3 is 2.42 bits per heavy atom. The summed E-state index contributed by atoms with van der Waals surface area (Å²) in [6.45, 7) is 3.83. The minimum absolute atomic E-state index is 0.297. The summed E-state index contributed by atoms with van der Waals surface area (Å²) >= 11 is 0. The summed E-state index contributed by atoms with van der Waals surface area (Å²) in [7, 11) is 0.780. The third-order valence-electron chi connectivity index (χ3n) is 2.46. The largest absolute Gasteiger partial charge is 0.473 e. The van der Waals surface area contributed by atoms with E-state index in [9.17, 15) is 9.59 Å². The second-order valence-corrected chi connectivity index (χ2v) is 3.22. The molecule has 0 aromatic carbocycles. The van der Waals surface area contributed by atoms with Crippen LogP contribution < -0.4 is 0 Å². The highest BCUT2D eigenvalue weighted by molar-refractivity contribution is 6.57. The fourth-order valence-corrected chi connectivity index (χ4v) is 1.39. The molecule has 0 aromatic heterocycles. The molecule has 0 aromatic rings. The van der Waals surface area contributed by atoms with Crippen molar-refractivity contribution in [3.05, 3.63) is 0 Å². The normalized spacial score (nSPS) is 32.0. The first-order valence-electron chi connectivity index (χ1n) is 3.98. The number of carbonyl (C=O) groups is 2. The van der Waals surface area contributed by atoms with E-state index < -0.39 is 17.4 Å². The predicted octanol–water partition coefficient (Wildman–Crippen LogP) is -0.0210. The number of rotatable bonds is 2. The minimum Gasteiger partial charge on any atom is -0.473 e. The zero-order valence-corrected chi connectivity index (χ0v) is 7.16. The van der Waals surface area contributed by atoms with Crippen LogP contribution in [-0.2, 0) is 14.3 Å². The van der Waals surface area contributed by atoms with Crippen LogP contribution in [0.2, 0.25) is 5.82 Å². The summed E-state index contributed by atoms with van der Waals surface area (Å²) in [4.78, 5) is 20.8. The van der Waals surface area contributed by atoms with Gasteiger partial charge in [-0.25, -0.2) is 9.59 Å².